The van der Waals surface area contributed by atoms with E-state index in [0.29, 0.717) is 11.4 Å². The minimum absolute atomic E-state index is 0.000129. The van der Waals surface area contributed by atoms with E-state index in [-0.39, 0.29) is 11.7 Å². The maximum absolute atomic E-state index is 10.9. The molecular formula is C15H18N4O2. The number of nitro benzene ring substituents is 1. The van der Waals surface area contributed by atoms with Gasteiger partial charge in [0.2, 0.25) is 0 Å². The number of rotatable bonds is 6. The molecule has 0 aliphatic heterocycles. The summed E-state index contributed by atoms with van der Waals surface area (Å²) in [5.74, 6) is 5.34. The lowest BCUT2D eigenvalue weighted by Crippen LogP contribution is -2.18. The standard InChI is InChI=1S/C15H18N4O2/c1-11(7-12-5-3-2-4-6-12)17-13-8-14(18-16)10-15(9-13)19(20)21/h2-6,8-11,17-18H,7,16H2,1H3. The minimum atomic E-state index is -0.437. The van der Waals surface area contributed by atoms with Gasteiger partial charge >= 0.3 is 0 Å². The van der Waals surface area contributed by atoms with Crippen molar-refractivity contribution in [3.63, 3.8) is 0 Å². The summed E-state index contributed by atoms with van der Waals surface area (Å²) in [6, 6.07) is 14.8. The molecule has 2 aromatic rings. The number of nitrogens with one attached hydrogen (secondary N) is 2. The summed E-state index contributed by atoms with van der Waals surface area (Å²) >= 11 is 0. The van der Waals surface area contributed by atoms with E-state index < -0.39 is 4.92 Å². The minimum Gasteiger partial charge on any atom is -0.382 e. The van der Waals surface area contributed by atoms with Crippen LogP contribution in [-0.4, -0.2) is 11.0 Å². The molecule has 0 amide bonds. The van der Waals surface area contributed by atoms with Gasteiger partial charge in [0.15, 0.2) is 0 Å². The van der Waals surface area contributed by atoms with E-state index in [1.54, 1.807) is 6.07 Å². The van der Waals surface area contributed by atoms with Crippen molar-refractivity contribution in [1.82, 2.24) is 0 Å². The van der Waals surface area contributed by atoms with E-state index in [2.05, 4.69) is 22.9 Å². The molecule has 0 saturated carbocycles. The van der Waals surface area contributed by atoms with E-state index >= 15 is 0 Å². The monoisotopic (exact) mass is 286 g/mol. The summed E-state index contributed by atoms with van der Waals surface area (Å²) in [7, 11) is 0. The number of nitrogens with two attached hydrogens (primary N) is 1. The van der Waals surface area contributed by atoms with Gasteiger partial charge in [0, 0.05) is 23.9 Å². The molecule has 0 aliphatic rings. The summed E-state index contributed by atoms with van der Waals surface area (Å²) in [4.78, 5) is 10.5. The van der Waals surface area contributed by atoms with Crippen LogP contribution >= 0.6 is 0 Å². The molecule has 1 atom stereocenters. The number of nitro groups is 1. The molecule has 0 saturated heterocycles. The van der Waals surface area contributed by atoms with Crippen molar-refractivity contribution in [2.45, 2.75) is 19.4 Å². The van der Waals surface area contributed by atoms with Gasteiger partial charge in [0.05, 0.1) is 10.6 Å². The van der Waals surface area contributed by atoms with Crippen molar-refractivity contribution in [1.29, 1.82) is 0 Å². The fraction of sp³-hybridized carbons (Fsp3) is 0.200. The maximum Gasteiger partial charge on any atom is 0.273 e. The zero-order chi connectivity index (χ0) is 15.2. The van der Waals surface area contributed by atoms with Gasteiger partial charge in [-0.2, -0.15) is 0 Å². The second-order valence-corrected chi connectivity index (χ2v) is 4.91. The molecule has 110 valence electrons. The van der Waals surface area contributed by atoms with Crippen molar-refractivity contribution in [2.75, 3.05) is 10.7 Å². The maximum atomic E-state index is 10.9. The Kier molecular flexibility index (Phi) is 4.73. The topological polar surface area (TPSA) is 93.2 Å². The molecular weight excluding hydrogens is 268 g/mol. The lowest BCUT2D eigenvalue weighted by molar-refractivity contribution is -0.384. The molecule has 2 rings (SSSR count). The van der Waals surface area contributed by atoms with Gasteiger partial charge < -0.3 is 10.7 Å². The van der Waals surface area contributed by atoms with Crippen molar-refractivity contribution in [3.8, 4) is 0 Å². The van der Waals surface area contributed by atoms with Crippen LogP contribution in [0.25, 0.3) is 0 Å². The molecule has 0 aliphatic carbocycles. The number of non-ortho nitro benzene ring substituents is 1. The Morgan fingerprint density at radius 3 is 2.48 bits per heavy atom. The molecule has 6 heteroatoms. The molecule has 2 aromatic carbocycles. The molecule has 0 spiro atoms. The summed E-state index contributed by atoms with van der Waals surface area (Å²) < 4.78 is 0. The highest BCUT2D eigenvalue weighted by Gasteiger charge is 2.11. The molecule has 21 heavy (non-hydrogen) atoms. The first-order valence-electron chi connectivity index (χ1n) is 6.65. The predicted molar refractivity (Wildman–Crippen MR) is 84.1 cm³/mol. The van der Waals surface area contributed by atoms with Gasteiger partial charge in [-0.3, -0.25) is 16.0 Å². The average molecular weight is 286 g/mol. The van der Waals surface area contributed by atoms with Crippen LogP contribution in [-0.2, 0) is 6.42 Å². The summed E-state index contributed by atoms with van der Waals surface area (Å²) in [5.41, 5.74) is 4.82. The van der Waals surface area contributed by atoms with E-state index in [0.717, 1.165) is 6.42 Å². The molecule has 4 N–H and O–H groups in total. The number of hydrazine groups is 1. The Hall–Kier alpha value is -2.60. The van der Waals surface area contributed by atoms with Crippen LogP contribution in [0.4, 0.5) is 17.1 Å². The number of hydrogen-bond acceptors (Lipinski definition) is 5. The smallest absolute Gasteiger partial charge is 0.273 e. The molecule has 1 unspecified atom stereocenters. The fourth-order valence-corrected chi connectivity index (χ4v) is 2.19. The van der Waals surface area contributed by atoms with Crippen LogP contribution < -0.4 is 16.6 Å². The quantitative estimate of drug-likeness (QED) is 0.431. The van der Waals surface area contributed by atoms with Crippen molar-refractivity contribution >= 4 is 17.1 Å². The third-order valence-corrected chi connectivity index (χ3v) is 3.09. The Bertz CT molecular complexity index is 616. The first kappa shape index (κ1) is 14.8. The predicted octanol–water partition coefficient (Wildman–Crippen LogP) is 2.92. The second-order valence-electron chi connectivity index (χ2n) is 4.91. The normalized spacial score (nSPS) is 11.7. The third-order valence-electron chi connectivity index (χ3n) is 3.09. The van der Waals surface area contributed by atoms with E-state index in [1.807, 2.05) is 25.1 Å². The Morgan fingerprint density at radius 2 is 1.86 bits per heavy atom. The lowest BCUT2D eigenvalue weighted by Gasteiger charge is -2.16. The number of anilines is 2. The Balaban J connectivity index is 2.11. The average Bonchev–Trinajstić information content (AvgIpc) is 2.47. The Labute approximate surface area is 123 Å². The number of nitrogens with zero attached hydrogens (tertiary/aromatic N) is 1. The van der Waals surface area contributed by atoms with Crippen LogP contribution in [0.15, 0.2) is 48.5 Å². The van der Waals surface area contributed by atoms with Gasteiger partial charge in [0.25, 0.3) is 5.69 Å². The second kappa shape index (κ2) is 6.71. The highest BCUT2D eigenvalue weighted by Crippen LogP contribution is 2.24. The zero-order valence-corrected chi connectivity index (χ0v) is 11.7. The van der Waals surface area contributed by atoms with Crippen LogP contribution in [0.3, 0.4) is 0 Å². The summed E-state index contributed by atoms with van der Waals surface area (Å²) in [6.07, 6.45) is 0.828. The number of nitrogen functional groups attached to an aromatic ring is 1. The molecule has 0 bridgehead atoms. The van der Waals surface area contributed by atoms with E-state index in [9.17, 15) is 10.1 Å². The zero-order valence-electron chi connectivity index (χ0n) is 11.7. The highest BCUT2D eigenvalue weighted by molar-refractivity contribution is 5.63. The molecule has 0 fully saturated rings. The van der Waals surface area contributed by atoms with Gasteiger partial charge in [-0.1, -0.05) is 30.3 Å². The van der Waals surface area contributed by atoms with Crippen LogP contribution in [0.1, 0.15) is 12.5 Å². The third kappa shape index (κ3) is 4.19. The molecule has 0 heterocycles. The lowest BCUT2D eigenvalue weighted by atomic mass is 10.1. The Morgan fingerprint density at radius 1 is 1.19 bits per heavy atom. The van der Waals surface area contributed by atoms with Crippen molar-refractivity contribution in [2.24, 2.45) is 5.84 Å². The number of hydrogen-bond donors (Lipinski definition) is 3. The van der Waals surface area contributed by atoms with Crippen molar-refractivity contribution < 1.29 is 4.92 Å². The summed E-state index contributed by atoms with van der Waals surface area (Å²) in [6.45, 7) is 2.03. The van der Waals surface area contributed by atoms with E-state index in [4.69, 9.17) is 5.84 Å². The van der Waals surface area contributed by atoms with Crippen LogP contribution in [0.5, 0.6) is 0 Å². The molecule has 0 radical (unpaired) electrons. The van der Waals surface area contributed by atoms with Gasteiger partial charge in [0.1, 0.15) is 0 Å². The van der Waals surface area contributed by atoms with Gasteiger partial charge in [-0.25, -0.2) is 0 Å². The van der Waals surface area contributed by atoms with Gasteiger partial charge in [-0.15, -0.1) is 0 Å². The SMILES string of the molecule is CC(Cc1ccccc1)Nc1cc(NN)cc([N+](=O)[O-])c1. The first-order valence-corrected chi connectivity index (χ1v) is 6.65. The van der Waals surface area contributed by atoms with Crippen molar-refractivity contribution in [3.05, 3.63) is 64.2 Å². The summed E-state index contributed by atoms with van der Waals surface area (Å²) in [5, 5.41) is 14.2. The largest absolute Gasteiger partial charge is 0.382 e. The van der Waals surface area contributed by atoms with Crippen LogP contribution in [0.2, 0.25) is 0 Å². The molecule has 6 nitrogen and oxygen atoms in total. The van der Waals surface area contributed by atoms with E-state index in [1.165, 1.54) is 17.7 Å². The van der Waals surface area contributed by atoms with Gasteiger partial charge in [-0.05, 0) is 25.0 Å². The molecule has 0 aromatic heterocycles. The fourth-order valence-electron chi connectivity index (χ4n) is 2.19. The number of benzene rings is 2. The highest BCUT2D eigenvalue weighted by atomic mass is 16.6. The first-order chi connectivity index (χ1) is 10.1. The van der Waals surface area contributed by atoms with Crippen LogP contribution in [0, 0.1) is 10.1 Å².